The fourth-order valence-corrected chi connectivity index (χ4v) is 2.82. The maximum Gasteiger partial charge on any atom is 0.410 e. The molecule has 17 heavy (non-hydrogen) atoms. The van der Waals surface area contributed by atoms with Crippen molar-refractivity contribution in [3.05, 3.63) is 21.4 Å². The summed E-state index contributed by atoms with van der Waals surface area (Å²) < 4.78 is 5.32. The molecule has 2 heterocycles. The van der Waals surface area contributed by atoms with E-state index in [2.05, 4.69) is 0 Å². The van der Waals surface area contributed by atoms with E-state index in [1.807, 2.05) is 26.8 Å². The maximum atomic E-state index is 11.8. The van der Waals surface area contributed by atoms with Crippen LogP contribution in [0.2, 0.25) is 0 Å². The Bertz CT molecular complexity index is 410. The van der Waals surface area contributed by atoms with Crippen molar-refractivity contribution in [2.24, 2.45) is 0 Å². The van der Waals surface area contributed by atoms with E-state index in [-0.39, 0.29) is 12.7 Å². The summed E-state index contributed by atoms with van der Waals surface area (Å²) in [6, 6.07) is 1.96. The zero-order valence-corrected chi connectivity index (χ0v) is 11.1. The Kier molecular flexibility index (Phi) is 3.14. The van der Waals surface area contributed by atoms with Crippen LogP contribution in [0.3, 0.4) is 0 Å². The van der Waals surface area contributed by atoms with E-state index in [0.29, 0.717) is 13.1 Å². The summed E-state index contributed by atoms with van der Waals surface area (Å²) in [5.74, 6) is 0. The van der Waals surface area contributed by atoms with Crippen molar-refractivity contribution in [1.29, 1.82) is 0 Å². The molecule has 5 heteroatoms. The molecule has 0 unspecified atom stereocenters. The summed E-state index contributed by atoms with van der Waals surface area (Å²) in [6.45, 7) is 6.83. The van der Waals surface area contributed by atoms with Crippen molar-refractivity contribution in [2.75, 3.05) is 0 Å². The Morgan fingerprint density at radius 1 is 1.53 bits per heavy atom. The van der Waals surface area contributed by atoms with Gasteiger partial charge in [-0.2, -0.15) is 0 Å². The van der Waals surface area contributed by atoms with Gasteiger partial charge in [0.25, 0.3) is 0 Å². The van der Waals surface area contributed by atoms with Gasteiger partial charge in [0.1, 0.15) is 5.60 Å². The molecule has 1 amide bonds. The lowest BCUT2D eigenvalue weighted by Crippen LogP contribution is -2.33. The summed E-state index contributed by atoms with van der Waals surface area (Å²) in [5, 5.41) is 9.03. The zero-order chi connectivity index (χ0) is 12.6. The van der Waals surface area contributed by atoms with Crippen molar-refractivity contribution in [3.63, 3.8) is 0 Å². The SMILES string of the molecule is CC(C)(C)OC(=O)N1Cc2cc(CO)sc2C1. The van der Waals surface area contributed by atoms with Gasteiger partial charge in [-0.25, -0.2) is 4.79 Å². The van der Waals surface area contributed by atoms with Crippen LogP contribution in [0.15, 0.2) is 6.07 Å². The topological polar surface area (TPSA) is 49.8 Å². The minimum absolute atomic E-state index is 0.0735. The number of nitrogens with zero attached hydrogens (tertiary/aromatic N) is 1. The summed E-state index contributed by atoms with van der Waals surface area (Å²) in [7, 11) is 0. The molecule has 0 spiro atoms. The first-order valence-electron chi connectivity index (χ1n) is 5.58. The first-order chi connectivity index (χ1) is 7.89. The lowest BCUT2D eigenvalue weighted by atomic mass is 10.2. The van der Waals surface area contributed by atoms with Crippen molar-refractivity contribution >= 4 is 17.4 Å². The predicted molar refractivity (Wildman–Crippen MR) is 65.7 cm³/mol. The Morgan fingerprint density at radius 2 is 2.24 bits per heavy atom. The van der Waals surface area contributed by atoms with Gasteiger partial charge in [-0.3, -0.25) is 4.90 Å². The molecule has 1 aromatic heterocycles. The Balaban J connectivity index is 2.00. The van der Waals surface area contributed by atoms with Crippen LogP contribution in [-0.4, -0.2) is 21.7 Å². The van der Waals surface area contributed by atoms with E-state index in [9.17, 15) is 4.79 Å². The summed E-state index contributed by atoms with van der Waals surface area (Å²) in [5.41, 5.74) is 0.675. The number of thiophene rings is 1. The molecule has 94 valence electrons. The number of ether oxygens (including phenoxy) is 1. The number of carbonyl (C=O) groups is 1. The highest BCUT2D eigenvalue weighted by atomic mass is 32.1. The molecule has 4 nitrogen and oxygen atoms in total. The van der Waals surface area contributed by atoms with Crippen LogP contribution in [0, 0.1) is 0 Å². The predicted octanol–water partition coefficient (Wildman–Crippen LogP) is 2.49. The summed E-state index contributed by atoms with van der Waals surface area (Å²) in [6.07, 6.45) is -0.272. The van der Waals surface area contributed by atoms with Gasteiger partial charge in [-0.05, 0) is 32.4 Å². The second-order valence-corrected chi connectivity index (χ2v) is 6.38. The molecule has 0 aliphatic carbocycles. The van der Waals surface area contributed by atoms with Gasteiger partial charge in [-0.15, -0.1) is 11.3 Å². The summed E-state index contributed by atoms with van der Waals surface area (Å²) in [4.78, 5) is 15.6. The molecule has 1 aliphatic rings. The maximum absolute atomic E-state index is 11.8. The highest BCUT2D eigenvalue weighted by molar-refractivity contribution is 7.12. The van der Waals surface area contributed by atoms with Crippen molar-refractivity contribution in [3.8, 4) is 0 Å². The van der Waals surface area contributed by atoms with Crippen LogP contribution in [0.4, 0.5) is 4.79 Å². The molecule has 0 fully saturated rings. The minimum Gasteiger partial charge on any atom is -0.444 e. The highest BCUT2D eigenvalue weighted by Gasteiger charge is 2.29. The number of rotatable bonds is 1. The van der Waals surface area contributed by atoms with Gasteiger partial charge in [0.15, 0.2) is 0 Å². The molecule has 0 saturated carbocycles. The summed E-state index contributed by atoms with van der Waals surface area (Å²) >= 11 is 1.56. The second kappa shape index (κ2) is 4.31. The van der Waals surface area contributed by atoms with Gasteiger partial charge < -0.3 is 9.84 Å². The largest absolute Gasteiger partial charge is 0.444 e. The quantitative estimate of drug-likeness (QED) is 0.838. The van der Waals surface area contributed by atoms with Gasteiger partial charge in [0.2, 0.25) is 0 Å². The van der Waals surface area contributed by atoms with E-state index in [4.69, 9.17) is 9.84 Å². The number of amides is 1. The number of hydrogen-bond acceptors (Lipinski definition) is 4. The van der Waals surface area contributed by atoms with Crippen LogP contribution in [0.1, 0.15) is 36.1 Å². The molecular weight excluding hydrogens is 238 g/mol. The van der Waals surface area contributed by atoms with Crippen molar-refractivity contribution in [2.45, 2.75) is 46.1 Å². The van der Waals surface area contributed by atoms with Crippen LogP contribution in [0.25, 0.3) is 0 Å². The monoisotopic (exact) mass is 255 g/mol. The lowest BCUT2D eigenvalue weighted by molar-refractivity contribution is 0.0242. The van der Waals surface area contributed by atoms with Crippen molar-refractivity contribution in [1.82, 2.24) is 4.90 Å². The van der Waals surface area contributed by atoms with E-state index in [1.54, 1.807) is 16.2 Å². The highest BCUT2D eigenvalue weighted by Crippen LogP contribution is 2.31. The molecule has 1 N–H and O–H groups in total. The number of hydrogen-bond donors (Lipinski definition) is 1. The molecule has 1 aliphatic heterocycles. The van der Waals surface area contributed by atoms with Gasteiger partial charge >= 0.3 is 6.09 Å². The smallest absolute Gasteiger partial charge is 0.410 e. The van der Waals surface area contributed by atoms with Gasteiger partial charge in [-0.1, -0.05) is 0 Å². The number of fused-ring (bicyclic) bond motifs is 1. The third-order valence-corrected chi connectivity index (χ3v) is 3.60. The molecular formula is C12H17NO3S. The van der Waals surface area contributed by atoms with Gasteiger partial charge in [0, 0.05) is 9.75 Å². The van der Waals surface area contributed by atoms with E-state index >= 15 is 0 Å². The molecule has 2 rings (SSSR count). The van der Waals surface area contributed by atoms with E-state index in [0.717, 1.165) is 15.3 Å². The number of aliphatic hydroxyl groups is 1. The fourth-order valence-electron chi connectivity index (χ4n) is 1.76. The second-order valence-electron chi connectivity index (χ2n) is 5.16. The van der Waals surface area contributed by atoms with Crippen LogP contribution in [-0.2, 0) is 24.4 Å². The average molecular weight is 255 g/mol. The molecule has 0 radical (unpaired) electrons. The third kappa shape index (κ3) is 2.79. The molecule has 1 aromatic rings. The van der Waals surface area contributed by atoms with E-state index in [1.165, 1.54) is 0 Å². The standard InChI is InChI=1S/C12H17NO3S/c1-12(2,3)16-11(15)13-5-8-4-9(7-14)17-10(8)6-13/h4,14H,5-7H2,1-3H3. The van der Waals surface area contributed by atoms with Gasteiger partial charge in [0.05, 0.1) is 19.7 Å². The first-order valence-corrected chi connectivity index (χ1v) is 6.40. The number of aliphatic hydroxyl groups excluding tert-OH is 1. The number of carbonyl (C=O) groups excluding carboxylic acids is 1. The van der Waals surface area contributed by atoms with E-state index < -0.39 is 5.60 Å². The Hall–Kier alpha value is -1.07. The van der Waals surface area contributed by atoms with Crippen LogP contribution >= 0.6 is 11.3 Å². The lowest BCUT2D eigenvalue weighted by Gasteiger charge is -2.24. The normalized spacial score (nSPS) is 14.9. The zero-order valence-electron chi connectivity index (χ0n) is 10.3. The third-order valence-electron chi connectivity index (χ3n) is 2.45. The molecule has 0 saturated heterocycles. The molecule has 0 bridgehead atoms. The van der Waals surface area contributed by atoms with Crippen LogP contribution < -0.4 is 0 Å². The molecule has 0 aromatic carbocycles. The fraction of sp³-hybridized carbons (Fsp3) is 0.583. The average Bonchev–Trinajstić information content (AvgIpc) is 2.70. The first kappa shape index (κ1) is 12.4. The van der Waals surface area contributed by atoms with Crippen LogP contribution in [0.5, 0.6) is 0 Å². The minimum atomic E-state index is -0.455. The molecule has 0 atom stereocenters. The Labute approximate surface area is 105 Å². The Morgan fingerprint density at radius 3 is 2.76 bits per heavy atom. The van der Waals surface area contributed by atoms with Crippen molar-refractivity contribution < 1.29 is 14.6 Å².